The van der Waals surface area contributed by atoms with Gasteiger partial charge in [0.1, 0.15) is 17.1 Å². The minimum Gasteiger partial charge on any atom is -0.497 e. The van der Waals surface area contributed by atoms with Gasteiger partial charge in [0.2, 0.25) is 0 Å². The van der Waals surface area contributed by atoms with E-state index in [9.17, 15) is 5.11 Å². The van der Waals surface area contributed by atoms with Crippen molar-refractivity contribution in [3.05, 3.63) is 23.8 Å². The number of nitrogens with zero attached hydrogens (tertiary/aromatic N) is 1. The van der Waals surface area contributed by atoms with Crippen LogP contribution in [-0.2, 0) is 0 Å². The smallest absolute Gasteiger partial charge is 0.126 e. The Morgan fingerprint density at radius 3 is 2.90 bits per heavy atom. The summed E-state index contributed by atoms with van der Waals surface area (Å²) >= 11 is 0. The van der Waals surface area contributed by atoms with Gasteiger partial charge in [0.05, 0.1) is 13.2 Å². The van der Waals surface area contributed by atoms with E-state index in [2.05, 4.69) is 18.9 Å². The number of piperidine rings is 1. The van der Waals surface area contributed by atoms with Crippen LogP contribution in [0.4, 0.5) is 0 Å². The molecule has 0 radical (unpaired) electrons. The van der Waals surface area contributed by atoms with Crippen molar-refractivity contribution < 1.29 is 14.6 Å². The predicted octanol–water partition coefficient (Wildman–Crippen LogP) is 2.36. The Morgan fingerprint density at radius 2 is 2.20 bits per heavy atom. The van der Waals surface area contributed by atoms with Crippen LogP contribution in [0.5, 0.6) is 11.5 Å². The molecule has 0 saturated carbocycles. The number of likely N-dealkylation sites (tertiary alicyclic amines) is 1. The zero-order valence-corrected chi connectivity index (χ0v) is 12.4. The van der Waals surface area contributed by atoms with Gasteiger partial charge in [0, 0.05) is 31.0 Å². The number of ether oxygens (including phenoxy) is 2. The predicted molar refractivity (Wildman–Crippen MR) is 77.3 cm³/mol. The topological polar surface area (TPSA) is 41.9 Å². The Morgan fingerprint density at radius 1 is 1.40 bits per heavy atom. The quantitative estimate of drug-likeness (QED) is 0.855. The molecule has 4 nitrogen and oxygen atoms in total. The average molecular weight is 277 g/mol. The number of benzene rings is 1. The van der Waals surface area contributed by atoms with Crippen LogP contribution in [0.25, 0.3) is 0 Å². The molecule has 0 aromatic heterocycles. The number of fused-ring (bicyclic) bond motifs is 1. The number of aliphatic hydroxyl groups is 1. The highest BCUT2D eigenvalue weighted by molar-refractivity contribution is 5.43. The molecule has 1 aromatic rings. The lowest BCUT2D eigenvalue weighted by molar-refractivity contribution is -0.0646. The van der Waals surface area contributed by atoms with Gasteiger partial charge in [-0.15, -0.1) is 0 Å². The van der Waals surface area contributed by atoms with Gasteiger partial charge in [-0.1, -0.05) is 0 Å². The van der Waals surface area contributed by atoms with E-state index >= 15 is 0 Å². The Bertz CT molecular complexity index is 504. The van der Waals surface area contributed by atoms with Gasteiger partial charge < -0.3 is 19.5 Å². The highest BCUT2D eigenvalue weighted by atomic mass is 16.5. The van der Waals surface area contributed by atoms with Crippen LogP contribution in [0.15, 0.2) is 18.2 Å². The molecule has 0 bridgehead atoms. The summed E-state index contributed by atoms with van der Waals surface area (Å²) in [6, 6.07) is 6.17. The van der Waals surface area contributed by atoms with E-state index in [-0.39, 0.29) is 5.60 Å². The van der Waals surface area contributed by atoms with Crippen molar-refractivity contribution in [2.24, 2.45) is 0 Å². The van der Waals surface area contributed by atoms with Crippen LogP contribution >= 0.6 is 0 Å². The Kier molecular flexibility index (Phi) is 3.38. The maximum atomic E-state index is 10.5. The van der Waals surface area contributed by atoms with Crippen LogP contribution in [0, 0.1) is 0 Å². The molecule has 2 aliphatic heterocycles. The second-order valence-corrected chi connectivity index (χ2v) is 6.19. The third-order valence-electron chi connectivity index (χ3n) is 4.81. The fourth-order valence-electron chi connectivity index (χ4n) is 3.42. The SMILES string of the molecule is COc1ccc2c(c1)[C@H](O)CC1(CCN(C)C(C)C1)O2. The van der Waals surface area contributed by atoms with Crippen LogP contribution < -0.4 is 9.47 Å². The Balaban J connectivity index is 1.89. The van der Waals surface area contributed by atoms with Crippen molar-refractivity contribution >= 4 is 0 Å². The molecule has 1 N–H and O–H groups in total. The molecule has 20 heavy (non-hydrogen) atoms. The largest absolute Gasteiger partial charge is 0.497 e. The molecule has 1 aromatic carbocycles. The molecule has 4 heteroatoms. The summed E-state index contributed by atoms with van der Waals surface area (Å²) in [7, 11) is 3.79. The number of aliphatic hydroxyl groups excluding tert-OH is 1. The lowest BCUT2D eigenvalue weighted by Gasteiger charge is -2.47. The lowest BCUT2D eigenvalue weighted by Crippen LogP contribution is -2.52. The Labute approximate surface area is 120 Å². The summed E-state index contributed by atoms with van der Waals surface area (Å²) < 4.78 is 11.5. The van der Waals surface area contributed by atoms with E-state index in [1.807, 2.05) is 18.2 Å². The monoisotopic (exact) mass is 277 g/mol. The zero-order chi connectivity index (χ0) is 14.3. The van der Waals surface area contributed by atoms with Crippen molar-refractivity contribution in [1.82, 2.24) is 4.90 Å². The Hall–Kier alpha value is -1.26. The maximum absolute atomic E-state index is 10.5. The van der Waals surface area contributed by atoms with Gasteiger partial charge in [-0.3, -0.25) is 0 Å². The highest BCUT2D eigenvalue weighted by Gasteiger charge is 2.44. The van der Waals surface area contributed by atoms with E-state index in [4.69, 9.17) is 9.47 Å². The van der Waals surface area contributed by atoms with Crippen molar-refractivity contribution in [3.63, 3.8) is 0 Å². The first-order chi connectivity index (χ1) is 9.53. The molecule has 1 fully saturated rings. The van der Waals surface area contributed by atoms with Crippen LogP contribution in [0.2, 0.25) is 0 Å². The van der Waals surface area contributed by atoms with Crippen molar-refractivity contribution in [1.29, 1.82) is 0 Å². The van der Waals surface area contributed by atoms with E-state index < -0.39 is 6.10 Å². The van der Waals surface area contributed by atoms with E-state index in [0.717, 1.165) is 36.4 Å². The fraction of sp³-hybridized carbons (Fsp3) is 0.625. The zero-order valence-electron chi connectivity index (χ0n) is 12.4. The molecule has 2 heterocycles. The average Bonchev–Trinajstić information content (AvgIpc) is 2.43. The van der Waals surface area contributed by atoms with E-state index in [1.165, 1.54) is 0 Å². The summed E-state index contributed by atoms with van der Waals surface area (Å²) in [4.78, 5) is 2.35. The first kappa shape index (κ1) is 13.7. The maximum Gasteiger partial charge on any atom is 0.126 e. The van der Waals surface area contributed by atoms with E-state index in [1.54, 1.807) is 7.11 Å². The van der Waals surface area contributed by atoms with Gasteiger partial charge in [-0.05, 0) is 38.6 Å². The normalized spacial score (nSPS) is 33.6. The van der Waals surface area contributed by atoms with Crippen molar-refractivity contribution in [3.8, 4) is 11.5 Å². The molecular weight excluding hydrogens is 254 g/mol. The minimum atomic E-state index is -0.468. The summed E-state index contributed by atoms with van der Waals surface area (Å²) in [5.41, 5.74) is 0.633. The molecule has 0 aliphatic carbocycles. The summed E-state index contributed by atoms with van der Waals surface area (Å²) in [6.07, 6.45) is 2.14. The van der Waals surface area contributed by atoms with E-state index in [0.29, 0.717) is 12.5 Å². The molecule has 1 saturated heterocycles. The summed E-state index contributed by atoms with van der Waals surface area (Å²) in [6.45, 7) is 3.24. The second kappa shape index (κ2) is 4.93. The molecular formula is C16H23NO3. The molecule has 3 rings (SSSR count). The standard InChI is InChI=1S/C16H23NO3/c1-11-9-16(6-7-17(11)2)10-14(18)13-8-12(19-3)4-5-15(13)20-16/h4-5,8,11,14,18H,6-7,9-10H2,1-3H3/t11?,14-,16?/m1/s1. The molecule has 2 aliphatic rings. The highest BCUT2D eigenvalue weighted by Crippen LogP contribution is 2.46. The number of hydrogen-bond donors (Lipinski definition) is 1. The van der Waals surface area contributed by atoms with Crippen LogP contribution in [0.1, 0.15) is 37.9 Å². The summed E-state index contributed by atoms with van der Waals surface area (Å²) in [5, 5.41) is 10.5. The van der Waals surface area contributed by atoms with Crippen molar-refractivity contribution in [2.45, 2.75) is 43.9 Å². The van der Waals surface area contributed by atoms with Crippen LogP contribution in [0.3, 0.4) is 0 Å². The minimum absolute atomic E-state index is 0.215. The fourth-order valence-corrected chi connectivity index (χ4v) is 3.42. The molecule has 2 unspecified atom stereocenters. The van der Waals surface area contributed by atoms with Gasteiger partial charge in [-0.25, -0.2) is 0 Å². The molecule has 110 valence electrons. The first-order valence-corrected chi connectivity index (χ1v) is 7.28. The molecule has 0 amide bonds. The first-order valence-electron chi connectivity index (χ1n) is 7.28. The van der Waals surface area contributed by atoms with Gasteiger partial charge in [0.25, 0.3) is 0 Å². The number of rotatable bonds is 1. The third kappa shape index (κ3) is 2.27. The van der Waals surface area contributed by atoms with Gasteiger partial charge in [-0.2, -0.15) is 0 Å². The third-order valence-corrected chi connectivity index (χ3v) is 4.81. The number of hydrogen-bond acceptors (Lipinski definition) is 4. The summed E-state index contributed by atoms with van der Waals surface area (Å²) in [5.74, 6) is 1.57. The van der Waals surface area contributed by atoms with Crippen LogP contribution in [-0.4, -0.2) is 42.4 Å². The van der Waals surface area contributed by atoms with Crippen molar-refractivity contribution in [2.75, 3.05) is 20.7 Å². The lowest BCUT2D eigenvalue weighted by atomic mass is 9.79. The number of methoxy groups -OCH3 is 1. The molecule has 1 spiro atoms. The van der Waals surface area contributed by atoms with Gasteiger partial charge >= 0.3 is 0 Å². The molecule has 3 atom stereocenters. The van der Waals surface area contributed by atoms with Gasteiger partial charge in [0.15, 0.2) is 0 Å². The second-order valence-electron chi connectivity index (χ2n) is 6.19.